The van der Waals surface area contributed by atoms with Crippen LogP contribution in [0.2, 0.25) is 0 Å². The van der Waals surface area contributed by atoms with Crippen molar-refractivity contribution in [3.63, 3.8) is 0 Å². The molecule has 0 heterocycles. The molecular weight excluding hydrogens is 170 g/mol. The number of allylic oxidation sites excluding steroid dienone is 4. The van der Waals surface area contributed by atoms with E-state index in [1.54, 1.807) is 0 Å². The van der Waals surface area contributed by atoms with Gasteiger partial charge < -0.3 is 0 Å². The SMILES string of the molecule is CCC/C=N\C1=C(C=C(C)C)CCC1. The van der Waals surface area contributed by atoms with Crippen molar-refractivity contribution in [1.82, 2.24) is 0 Å². The Labute approximate surface area is 87.6 Å². The van der Waals surface area contributed by atoms with Gasteiger partial charge in [-0.05, 0) is 45.1 Å². The van der Waals surface area contributed by atoms with E-state index in [4.69, 9.17) is 0 Å². The number of aliphatic imine (C=N–C) groups is 1. The Kier molecular flexibility index (Phi) is 4.64. The van der Waals surface area contributed by atoms with Crippen LogP contribution in [0, 0.1) is 0 Å². The normalized spacial score (nSPS) is 16.8. The Morgan fingerprint density at radius 1 is 1.36 bits per heavy atom. The third kappa shape index (κ3) is 3.49. The molecule has 0 bridgehead atoms. The van der Waals surface area contributed by atoms with Gasteiger partial charge in [0.1, 0.15) is 0 Å². The van der Waals surface area contributed by atoms with Gasteiger partial charge in [0.25, 0.3) is 0 Å². The highest BCUT2D eigenvalue weighted by Gasteiger charge is 2.10. The Morgan fingerprint density at radius 2 is 2.14 bits per heavy atom. The predicted molar refractivity (Wildman–Crippen MR) is 63.7 cm³/mol. The molecule has 1 nitrogen and oxygen atoms in total. The van der Waals surface area contributed by atoms with Crippen LogP contribution in [-0.4, -0.2) is 6.21 Å². The third-order valence-electron chi connectivity index (χ3n) is 2.36. The standard InChI is InChI=1S/C13H21N/c1-4-5-9-14-13-8-6-7-12(13)10-11(2)3/h9-10H,4-8H2,1-3H3/b14-9-. The predicted octanol–water partition coefficient (Wildman–Crippen LogP) is 4.26. The average Bonchev–Trinajstić information content (AvgIpc) is 2.52. The minimum absolute atomic E-state index is 1.10. The monoisotopic (exact) mass is 191 g/mol. The zero-order valence-corrected chi connectivity index (χ0v) is 9.64. The highest BCUT2D eigenvalue weighted by Crippen LogP contribution is 2.28. The minimum atomic E-state index is 1.10. The highest BCUT2D eigenvalue weighted by atomic mass is 14.7. The van der Waals surface area contributed by atoms with Gasteiger partial charge in [-0.1, -0.05) is 25.0 Å². The lowest BCUT2D eigenvalue weighted by Gasteiger charge is -1.97. The van der Waals surface area contributed by atoms with Gasteiger partial charge in [-0.3, -0.25) is 4.99 Å². The summed E-state index contributed by atoms with van der Waals surface area (Å²) in [5.41, 5.74) is 4.15. The van der Waals surface area contributed by atoms with Crippen LogP contribution in [0.3, 0.4) is 0 Å². The van der Waals surface area contributed by atoms with Crippen LogP contribution in [0.5, 0.6) is 0 Å². The minimum Gasteiger partial charge on any atom is -0.265 e. The molecule has 1 aliphatic carbocycles. The molecule has 0 aromatic heterocycles. The summed E-state index contributed by atoms with van der Waals surface area (Å²) in [5.74, 6) is 0. The van der Waals surface area contributed by atoms with Gasteiger partial charge in [0.15, 0.2) is 0 Å². The smallest absolute Gasteiger partial charge is 0.0431 e. The van der Waals surface area contributed by atoms with Gasteiger partial charge in [0.05, 0.1) is 0 Å². The van der Waals surface area contributed by atoms with Gasteiger partial charge in [-0.2, -0.15) is 0 Å². The molecule has 0 aromatic rings. The van der Waals surface area contributed by atoms with Gasteiger partial charge in [0.2, 0.25) is 0 Å². The van der Waals surface area contributed by atoms with Crippen LogP contribution in [0.1, 0.15) is 52.9 Å². The van der Waals surface area contributed by atoms with E-state index in [1.165, 1.54) is 42.5 Å². The van der Waals surface area contributed by atoms with E-state index in [1.807, 2.05) is 0 Å². The molecule has 14 heavy (non-hydrogen) atoms. The van der Waals surface area contributed by atoms with Crippen molar-refractivity contribution < 1.29 is 0 Å². The van der Waals surface area contributed by atoms with E-state index in [0.717, 1.165) is 6.42 Å². The quantitative estimate of drug-likeness (QED) is 0.589. The van der Waals surface area contributed by atoms with E-state index in [9.17, 15) is 0 Å². The molecule has 0 spiro atoms. The topological polar surface area (TPSA) is 12.4 Å². The molecular formula is C13H21N. The summed E-state index contributed by atoms with van der Waals surface area (Å²) in [6.07, 6.45) is 10.3. The second kappa shape index (κ2) is 5.79. The molecule has 78 valence electrons. The van der Waals surface area contributed by atoms with Crippen molar-refractivity contribution in [2.45, 2.75) is 52.9 Å². The fourth-order valence-corrected chi connectivity index (χ4v) is 1.71. The molecule has 0 aromatic carbocycles. The maximum atomic E-state index is 4.56. The Hall–Kier alpha value is -0.850. The molecule has 0 saturated heterocycles. The lowest BCUT2D eigenvalue weighted by atomic mass is 10.1. The van der Waals surface area contributed by atoms with Crippen molar-refractivity contribution in [2.75, 3.05) is 0 Å². The molecule has 0 fully saturated rings. The summed E-state index contributed by atoms with van der Waals surface area (Å²) in [5, 5.41) is 0. The maximum Gasteiger partial charge on any atom is 0.0431 e. The van der Waals surface area contributed by atoms with Gasteiger partial charge >= 0.3 is 0 Å². The molecule has 1 heteroatoms. The van der Waals surface area contributed by atoms with E-state index in [0.29, 0.717) is 0 Å². The summed E-state index contributed by atoms with van der Waals surface area (Å²) in [4.78, 5) is 4.56. The second-order valence-corrected chi connectivity index (χ2v) is 4.15. The lowest BCUT2D eigenvalue weighted by Crippen LogP contribution is -1.80. The third-order valence-corrected chi connectivity index (χ3v) is 2.36. The summed E-state index contributed by atoms with van der Waals surface area (Å²) in [6.45, 7) is 6.49. The molecule has 0 atom stereocenters. The van der Waals surface area contributed by atoms with Crippen LogP contribution in [0.25, 0.3) is 0 Å². The zero-order chi connectivity index (χ0) is 10.4. The lowest BCUT2D eigenvalue weighted by molar-refractivity contribution is 0.892. The van der Waals surface area contributed by atoms with Crippen molar-refractivity contribution in [1.29, 1.82) is 0 Å². The molecule has 0 saturated carbocycles. The summed E-state index contributed by atoms with van der Waals surface area (Å²) in [7, 11) is 0. The number of rotatable bonds is 4. The van der Waals surface area contributed by atoms with Crippen molar-refractivity contribution in [3.8, 4) is 0 Å². The zero-order valence-electron chi connectivity index (χ0n) is 9.64. The first-order valence-corrected chi connectivity index (χ1v) is 5.63. The van der Waals surface area contributed by atoms with Gasteiger partial charge in [-0.15, -0.1) is 0 Å². The fraction of sp³-hybridized carbons (Fsp3) is 0.615. The number of hydrogen-bond donors (Lipinski definition) is 0. The van der Waals surface area contributed by atoms with E-state index in [2.05, 4.69) is 38.1 Å². The second-order valence-electron chi connectivity index (χ2n) is 4.15. The molecule has 0 radical (unpaired) electrons. The molecule has 0 aliphatic heterocycles. The van der Waals surface area contributed by atoms with E-state index in [-0.39, 0.29) is 0 Å². The Morgan fingerprint density at radius 3 is 2.79 bits per heavy atom. The summed E-state index contributed by atoms with van der Waals surface area (Å²) in [6, 6.07) is 0. The first-order chi connectivity index (χ1) is 6.74. The fourth-order valence-electron chi connectivity index (χ4n) is 1.71. The average molecular weight is 191 g/mol. The van der Waals surface area contributed by atoms with E-state index < -0.39 is 0 Å². The van der Waals surface area contributed by atoms with Crippen LogP contribution in [-0.2, 0) is 0 Å². The molecule has 0 amide bonds. The number of unbranched alkanes of at least 4 members (excludes halogenated alkanes) is 1. The van der Waals surface area contributed by atoms with E-state index >= 15 is 0 Å². The summed E-state index contributed by atoms with van der Waals surface area (Å²) >= 11 is 0. The van der Waals surface area contributed by atoms with Crippen LogP contribution in [0.15, 0.2) is 27.9 Å². The Bertz CT molecular complexity index is 265. The largest absolute Gasteiger partial charge is 0.265 e. The van der Waals surface area contributed by atoms with Crippen LogP contribution >= 0.6 is 0 Å². The maximum absolute atomic E-state index is 4.56. The molecule has 1 aliphatic rings. The van der Waals surface area contributed by atoms with Crippen LogP contribution < -0.4 is 0 Å². The summed E-state index contributed by atoms with van der Waals surface area (Å²) < 4.78 is 0. The van der Waals surface area contributed by atoms with Crippen molar-refractivity contribution >= 4 is 6.21 Å². The first kappa shape index (κ1) is 11.2. The first-order valence-electron chi connectivity index (χ1n) is 5.63. The molecule has 0 N–H and O–H groups in total. The number of hydrogen-bond acceptors (Lipinski definition) is 1. The number of nitrogens with zero attached hydrogens (tertiary/aromatic N) is 1. The Balaban J connectivity index is 2.68. The van der Waals surface area contributed by atoms with Gasteiger partial charge in [0, 0.05) is 11.9 Å². The van der Waals surface area contributed by atoms with Gasteiger partial charge in [-0.25, -0.2) is 0 Å². The van der Waals surface area contributed by atoms with Crippen LogP contribution in [0.4, 0.5) is 0 Å². The highest BCUT2D eigenvalue weighted by molar-refractivity contribution is 5.59. The van der Waals surface area contributed by atoms with Crippen molar-refractivity contribution in [2.24, 2.45) is 4.99 Å². The molecule has 0 unspecified atom stereocenters. The van der Waals surface area contributed by atoms with Crippen molar-refractivity contribution in [3.05, 3.63) is 22.9 Å². The molecule has 1 rings (SSSR count).